The third-order valence-electron chi connectivity index (χ3n) is 0.927. The van der Waals surface area contributed by atoms with E-state index in [0.29, 0.717) is 0 Å². The summed E-state index contributed by atoms with van der Waals surface area (Å²) in [6.07, 6.45) is 1.80. The minimum absolute atomic E-state index is 0.0185. The minimum atomic E-state index is -0.630. The molecule has 0 radical (unpaired) electrons. The molecule has 1 fully saturated rings. The molecule has 1 aliphatic rings. The molecule has 0 aromatic heterocycles. The van der Waals surface area contributed by atoms with Gasteiger partial charge in [0.15, 0.2) is 0 Å². The van der Waals surface area contributed by atoms with Crippen LogP contribution in [0.25, 0.3) is 0 Å². The number of hydrogen-bond donors (Lipinski definition) is 2. The van der Waals surface area contributed by atoms with Crippen molar-refractivity contribution < 1.29 is 14.7 Å². The van der Waals surface area contributed by atoms with Crippen molar-refractivity contribution in [3.8, 4) is 0 Å². The highest BCUT2D eigenvalue weighted by molar-refractivity contribution is 5.72. The van der Waals surface area contributed by atoms with Gasteiger partial charge in [-0.05, 0) is 12.8 Å². The Kier molecular flexibility index (Phi) is 3.46. The Morgan fingerprint density at radius 3 is 1.80 bits per heavy atom. The maximum absolute atomic E-state index is 9.76. The van der Waals surface area contributed by atoms with E-state index in [1.807, 2.05) is 0 Å². The van der Waals surface area contributed by atoms with Gasteiger partial charge in [0.05, 0.1) is 5.92 Å². The van der Waals surface area contributed by atoms with Crippen LogP contribution in [0.3, 0.4) is 0 Å². The van der Waals surface area contributed by atoms with Crippen molar-refractivity contribution in [1.29, 1.82) is 0 Å². The summed E-state index contributed by atoms with van der Waals surface area (Å²) in [6.45, 7) is 1.31. The van der Waals surface area contributed by atoms with E-state index in [4.69, 9.17) is 5.11 Å². The van der Waals surface area contributed by atoms with E-state index in [1.54, 1.807) is 0 Å². The molecule has 1 aliphatic carbocycles. The number of primary amides is 1. The molecule has 4 nitrogen and oxygen atoms in total. The molecule has 0 atom stereocenters. The van der Waals surface area contributed by atoms with Gasteiger partial charge in [-0.15, -0.1) is 0 Å². The van der Waals surface area contributed by atoms with E-state index >= 15 is 0 Å². The molecule has 0 bridgehead atoms. The summed E-state index contributed by atoms with van der Waals surface area (Å²) in [7, 11) is 0. The smallest absolute Gasteiger partial charge is 0.306 e. The summed E-state index contributed by atoms with van der Waals surface area (Å²) in [6, 6.07) is 0. The fourth-order valence-corrected chi connectivity index (χ4v) is 0.330. The number of nitrogens with two attached hydrogens (primary N) is 1. The summed E-state index contributed by atoms with van der Waals surface area (Å²) >= 11 is 0. The second-order valence-electron chi connectivity index (χ2n) is 2.22. The molecule has 4 heteroatoms. The van der Waals surface area contributed by atoms with Crippen LogP contribution >= 0.6 is 0 Å². The van der Waals surface area contributed by atoms with Crippen LogP contribution < -0.4 is 5.73 Å². The predicted octanol–water partition coefficient (Wildman–Crippen LogP) is -0.0274. The number of hydrogen-bond acceptors (Lipinski definition) is 2. The lowest BCUT2D eigenvalue weighted by atomic mass is 10.5. The van der Waals surface area contributed by atoms with E-state index in [-0.39, 0.29) is 11.8 Å². The lowest BCUT2D eigenvalue weighted by Crippen LogP contribution is -2.01. The topological polar surface area (TPSA) is 80.4 Å². The Labute approximate surface area is 59.0 Å². The molecule has 0 saturated heterocycles. The summed E-state index contributed by atoms with van der Waals surface area (Å²) in [5, 5.41) is 8.05. The molecular formula is C6H11NO3. The van der Waals surface area contributed by atoms with Gasteiger partial charge in [-0.25, -0.2) is 0 Å². The monoisotopic (exact) mass is 145 g/mol. The molecular weight excluding hydrogens is 134 g/mol. The zero-order valence-electron chi connectivity index (χ0n) is 5.83. The number of carboxylic acids is 1. The highest BCUT2D eigenvalue weighted by atomic mass is 16.4. The second-order valence-corrected chi connectivity index (χ2v) is 2.22. The largest absolute Gasteiger partial charge is 0.481 e. The molecule has 0 aromatic carbocycles. The summed E-state index contributed by atoms with van der Waals surface area (Å²) in [5.74, 6) is -0.944. The van der Waals surface area contributed by atoms with Crippen molar-refractivity contribution >= 4 is 11.9 Å². The van der Waals surface area contributed by atoms with Gasteiger partial charge in [0.2, 0.25) is 5.91 Å². The third-order valence-corrected chi connectivity index (χ3v) is 0.927. The van der Waals surface area contributed by atoms with Crippen molar-refractivity contribution in [2.75, 3.05) is 0 Å². The zero-order valence-corrected chi connectivity index (χ0v) is 5.83. The Hall–Kier alpha value is -1.06. The van der Waals surface area contributed by atoms with Gasteiger partial charge in [0.25, 0.3) is 0 Å². The maximum Gasteiger partial charge on any atom is 0.306 e. The Balaban J connectivity index is 0.000000180. The van der Waals surface area contributed by atoms with E-state index < -0.39 is 5.97 Å². The number of rotatable bonds is 1. The normalized spacial score (nSPS) is 14.9. The molecule has 58 valence electrons. The molecule has 1 amide bonds. The van der Waals surface area contributed by atoms with Crippen LogP contribution in [-0.2, 0) is 9.59 Å². The maximum atomic E-state index is 9.76. The molecule has 0 unspecified atom stereocenters. The van der Waals surface area contributed by atoms with Gasteiger partial charge in [-0.3, -0.25) is 9.59 Å². The standard InChI is InChI=1S/C4H6O2.C2H5NO/c5-4(6)3-1-2-3;1-2(3)4/h3H,1-2H2,(H,5,6);1H3,(H2,3,4). The zero-order chi connectivity index (χ0) is 8.15. The summed E-state index contributed by atoms with van der Waals surface area (Å²) < 4.78 is 0. The molecule has 10 heavy (non-hydrogen) atoms. The lowest BCUT2D eigenvalue weighted by molar-refractivity contribution is -0.138. The first-order valence-corrected chi connectivity index (χ1v) is 3.03. The Bertz CT molecular complexity index is 136. The number of carbonyl (C=O) groups excluding carboxylic acids is 1. The molecule has 1 rings (SSSR count). The van der Waals surface area contributed by atoms with Crippen LogP contribution in [0.4, 0.5) is 0 Å². The van der Waals surface area contributed by atoms with Crippen molar-refractivity contribution in [3.05, 3.63) is 0 Å². The lowest BCUT2D eigenvalue weighted by Gasteiger charge is -1.75. The van der Waals surface area contributed by atoms with Crippen LogP contribution in [0.2, 0.25) is 0 Å². The fraction of sp³-hybridized carbons (Fsp3) is 0.667. The Morgan fingerprint density at radius 2 is 1.80 bits per heavy atom. The minimum Gasteiger partial charge on any atom is -0.481 e. The van der Waals surface area contributed by atoms with E-state index in [2.05, 4.69) is 5.73 Å². The molecule has 0 heterocycles. The predicted molar refractivity (Wildman–Crippen MR) is 35.2 cm³/mol. The molecule has 3 N–H and O–H groups in total. The van der Waals surface area contributed by atoms with Gasteiger partial charge in [-0.2, -0.15) is 0 Å². The summed E-state index contributed by atoms with van der Waals surface area (Å²) in [4.78, 5) is 19.0. The average molecular weight is 145 g/mol. The van der Waals surface area contributed by atoms with Crippen LogP contribution in [0.5, 0.6) is 0 Å². The number of carboxylic acid groups (broad SMARTS) is 1. The van der Waals surface area contributed by atoms with Crippen molar-refractivity contribution in [2.45, 2.75) is 19.8 Å². The number of aliphatic carboxylic acids is 1. The van der Waals surface area contributed by atoms with Crippen molar-refractivity contribution in [1.82, 2.24) is 0 Å². The van der Waals surface area contributed by atoms with Gasteiger partial charge in [-0.1, -0.05) is 0 Å². The highest BCUT2D eigenvalue weighted by Crippen LogP contribution is 2.28. The van der Waals surface area contributed by atoms with E-state index in [0.717, 1.165) is 12.8 Å². The first-order chi connectivity index (χ1) is 4.54. The average Bonchev–Trinajstić information content (AvgIpc) is 2.38. The fourth-order valence-electron chi connectivity index (χ4n) is 0.330. The van der Waals surface area contributed by atoms with Crippen molar-refractivity contribution in [2.24, 2.45) is 11.7 Å². The first-order valence-electron chi connectivity index (χ1n) is 3.03. The molecule has 0 spiro atoms. The molecule has 0 aliphatic heterocycles. The van der Waals surface area contributed by atoms with Gasteiger partial charge >= 0.3 is 5.97 Å². The summed E-state index contributed by atoms with van der Waals surface area (Å²) in [5.41, 5.74) is 4.47. The first kappa shape index (κ1) is 8.94. The van der Waals surface area contributed by atoms with Gasteiger partial charge in [0.1, 0.15) is 0 Å². The van der Waals surface area contributed by atoms with Crippen LogP contribution in [0, 0.1) is 5.92 Å². The molecule has 1 saturated carbocycles. The van der Waals surface area contributed by atoms with Crippen LogP contribution in [0.1, 0.15) is 19.8 Å². The van der Waals surface area contributed by atoms with E-state index in [9.17, 15) is 9.59 Å². The number of amides is 1. The Morgan fingerprint density at radius 1 is 1.50 bits per heavy atom. The highest BCUT2D eigenvalue weighted by Gasteiger charge is 2.28. The molecule has 0 aromatic rings. The van der Waals surface area contributed by atoms with E-state index in [1.165, 1.54) is 6.92 Å². The number of carbonyl (C=O) groups is 2. The van der Waals surface area contributed by atoms with Gasteiger partial charge in [0, 0.05) is 6.92 Å². The third kappa shape index (κ3) is 6.94. The SMILES string of the molecule is CC(N)=O.O=C(O)C1CC1. The van der Waals surface area contributed by atoms with Crippen LogP contribution in [0.15, 0.2) is 0 Å². The van der Waals surface area contributed by atoms with Crippen molar-refractivity contribution in [3.63, 3.8) is 0 Å². The van der Waals surface area contributed by atoms with Crippen LogP contribution in [-0.4, -0.2) is 17.0 Å². The quantitative estimate of drug-likeness (QED) is 0.543. The second kappa shape index (κ2) is 3.87. The van der Waals surface area contributed by atoms with Gasteiger partial charge < -0.3 is 10.8 Å².